The molecular formula is C15H20FNO2. The third-order valence-electron chi connectivity index (χ3n) is 3.85. The predicted molar refractivity (Wildman–Crippen MR) is 71.8 cm³/mol. The van der Waals surface area contributed by atoms with Crippen LogP contribution in [-0.2, 0) is 0 Å². The Balaban J connectivity index is 2.22. The molecule has 2 atom stereocenters. The molecule has 3 nitrogen and oxygen atoms in total. The molecule has 0 amide bonds. The monoisotopic (exact) mass is 265 g/mol. The number of rotatable bonds is 3. The Kier molecular flexibility index (Phi) is 4.53. The van der Waals surface area contributed by atoms with Crippen LogP contribution in [0.15, 0.2) is 18.2 Å². The molecule has 0 radical (unpaired) electrons. The second-order valence-corrected chi connectivity index (χ2v) is 5.12. The highest BCUT2D eigenvalue weighted by Gasteiger charge is 2.29. The topological polar surface area (TPSA) is 52.3 Å². The van der Waals surface area contributed by atoms with Crippen LogP contribution in [-0.4, -0.2) is 18.9 Å². The van der Waals surface area contributed by atoms with E-state index >= 15 is 0 Å². The normalized spacial score (nSPS) is 23.7. The highest BCUT2D eigenvalue weighted by atomic mass is 19.1. The summed E-state index contributed by atoms with van der Waals surface area (Å²) < 4.78 is 18.9. The lowest BCUT2D eigenvalue weighted by Crippen LogP contribution is -2.35. The minimum atomic E-state index is -0.527. The lowest BCUT2D eigenvalue weighted by molar-refractivity contribution is 0.0890. The number of halogens is 1. The average Bonchev–Trinajstić information content (AvgIpc) is 2.62. The number of ketones is 1. The minimum Gasteiger partial charge on any atom is -0.497 e. The highest BCUT2D eigenvalue weighted by molar-refractivity contribution is 5.98. The zero-order valence-electron chi connectivity index (χ0n) is 11.2. The van der Waals surface area contributed by atoms with Crippen LogP contribution in [0, 0.1) is 11.7 Å². The van der Waals surface area contributed by atoms with Gasteiger partial charge in [0.1, 0.15) is 11.6 Å². The van der Waals surface area contributed by atoms with Crippen LogP contribution in [0.5, 0.6) is 5.75 Å². The molecule has 0 aliphatic heterocycles. The van der Waals surface area contributed by atoms with E-state index in [1.807, 2.05) is 0 Å². The lowest BCUT2D eigenvalue weighted by Gasteiger charge is -2.20. The van der Waals surface area contributed by atoms with Gasteiger partial charge in [-0.05, 0) is 25.0 Å². The minimum absolute atomic E-state index is 0.128. The standard InChI is InChI=1S/C15H20FNO2/c1-19-10-7-8-11(13(16)9-10)15(18)12-5-3-2-4-6-14(12)17/h7-9,12,14H,2-6,17H2,1H3. The number of benzene rings is 1. The van der Waals surface area contributed by atoms with E-state index in [2.05, 4.69) is 0 Å². The van der Waals surface area contributed by atoms with Gasteiger partial charge in [-0.2, -0.15) is 0 Å². The maximum atomic E-state index is 13.9. The number of methoxy groups -OCH3 is 1. The molecule has 0 bridgehead atoms. The van der Waals surface area contributed by atoms with Crippen molar-refractivity contribution in [3.8, 4) is 5.75 Å². The molecule has 4 heteroatoms. The van der Waals surface area contributed by atoms with Crippen molar-refractivity contribution in [3.05, 3.63) is 29.6 Å². The first-order valence-electron chi connectivity index (χ1n) is 6.77. The van der Waals surface area contributed by atoms with Crippen LogP contribution in [0.3, 0.4) is 0 Å². The fraction of sp³-hybridized carbons (Fsp3) is 0.533. The largest absolute Gasteiger partial charge is 0.497 e. The fourth-order valence-corrected chi connectivity index (χ4v) is 2.68. The van der Waals surface area contributed by atoms with Crippen LogP contribution in [0.25, 0.3) is 0 Å². The highest BCUT2D eigenvalue weighted by Crippen LogP contribution is 2.27. The number of hydrogen-bond donors (Lipinski definition) is 1. The Morgan fingerprint density at radius 1 is 1.32 bits per heavy atom. The third kappa shape index (κ3) is 3.13. The van der Waals surface area contributed by atoms with E-state index in [1.54, 1.807) is 6.07 Å². The molecule has 1 aliphatic rings. The fourth-order valence-electron chi connectivity index (χ4n) is 2.68. The van der Waals surface area contributed by atoms with Gasteiger partial charge >= 0.3 is 0 Å². The molecular weight excluding hydrogens is 245 g/mol. The van der Waals surface area contributed by atoms with Crippen molar-refractivity contribution in [2.75, 3.05) is 7.11 Å². The van der Waals surface area contributed by atoms with E-state index < -0.39 is 5.82 Å². The molecule has 0 saturated heterocycles. The molecule has 2 rings (SSSR count). The molecule has 1 fully saturated rings. The molecule has 2 unspecified atom stereocenters. The zero-order chi connectivity index (χ0) is 13.8. The van der Waals surface area contributed by atoms with Crippen LogP contribution >= 0.6 is 0 Å². The summed E-state index contributed by atoms with van der Waals surface area (Å²) in [4.78, 5) is 12.4. The Morgan fingerprint density at radius 3 is 2.74 bits per heavy atom. The van der Waals surface area contributed by atoms with Gasteiger partial charge in [-0.25, -0.2) is 4.39 Å². The number of nitrogens with two attached hydrogens (primary N) is 1. The molecule has 104 valence electrons. The van der Waals surface area contributed by atoms with Crippen LogP contribution < -0.4 is 10.5 Å². The molecule has 1 aromatic rings. The first-order chi connectivity index (χ1) is 9.13. The molecule has 0 spiro atoms. The lowest BCUT2D eigenvalue weighted by atomic mass is 9.87. The van der Waals surface area contributed by atoms with Crippen LogP contribution in [0.2, 0.25) is 0 Å². The van der Waals surface area contributed by atoms with E-state index in [0.717, 1.165) is 32.1 Å². The zero-order valence-corrected chi connectivity index (χ0v) is 11.2. The van der Waals surface area contributed by atoms with Gasteiger partial charge in [0.05, 0.1) is 12.7 Å². The van der Waals surface area contributed by atoms with Gasteiger partial charge in [0.2, 0.25) is 0 Å². The van der Waals surface area contributed by atoms with Crippen molar-refractivity contribution in [3.63, 3.8) is 0 Å². The summed E-state index contributed by atoms with van der Waals surface area (Å²) >= 11 is 0. The smallest absolute Gasteiger partial charge is 0.170 e. The van der Waals surface area contributed by atoms with Crippen molar-refractivity contribution in [1.29, 1.82) is 0 Å². The van der Waals surface area contributed by atoms with Crippen molar-refractivity contribution in [2.45, 2.75) is 38.1 Å². The predicted octanol–water partition coefficient (Wildman–Crippen LogP) is 2.92. The molecule has 1 aliphatic carbocycles. The van der Waals surface area contributed by atoms with Crippen LogP contribution in [0.4, 0.5) is 4.39 Å². The van der Waals surface area contributed by atoms with Gasteiger partial charge in [0.25, 0.3) is 0 Å². The summed E-state index contributed by atoms with van der Waals surface area (Å²) in [5.41, 5.74) is 6.18. The number of Topliss-reactive ketones (excluding diaryl/α,β-unsaturated/α-hetero) is 1. The summed E-state index contributed by atoms with van der Waals surface area (Å²) in [6.07, 6.45) is 4.74. The Morgan fingerprint density at radius 2 is 2.05 bits per heavy atom. The maximum Gasteiger partial charge on any atom is 0.170 e. The Labute approximate surface area is 112 Å². The maximum absolute atomic E-state index is 13.9. The molecule has 0 aromatic heterocycles. The second kappa shape index (κ2) is 6.15. The van der Waals surface area contributed by atoms with Crippen LogP contribution in [0.1, 0.15) is 42.5 Å². The molecule has 19 heavy (non-hydrogen) atoms. The summed E-state index contributed by atoms with van der Waals surface area (Å²) in [7, 11) is 1.47. The van der Waals surface area contributed by atoms with E-state index in [9.17, 15) is 9.18 Å². The van der Waals surface area contributed by atoms with Crippen molar-refractivity contribution in [1.82, 2.24) is 0 Å². The van der Waals surface area contributed by atoms with E-state index in [4.69, 9.17) is 10.5 Å². The van der Waals surface area contributed by atoms with Gasteiger partial charge in [-0.15, -0.1) is 0 Å². The van der Waals surface area contributed by atoms with Crippen molar-refractivity contribution >= 4 is 5.78 Å². The number of carbonyl (C=O) groups is 1. The van der Waals surface area contributed by atoms with E-state index in [0.29, 0.717) is 5.75 Å². The van der Waals surface area contributed by atoms with Crippen molar-refractivity contribution < 1.29 is 13.9 Å². The van der Waals surface area contributed by atoms with E-state index in [-0.39, 0.29) is 23.3 Å². The third-order valence-corrected chi connectivity index (χ3v) is 3.85. The second-order valence-electron chi connectivity index (χ2n) is 5.12. The van der Waals surface area contributed by atoms with Crippen molar-refractivity contribution in [2.24, 2.45) is 11.7 Å². The number of hydrogen-bond acceptors (Lipinski definition) is 3. The molecule has 0 heterocycles. The van der Waals surface area contributed by atoms with E-state index in [1.165, 1.54) is 19.2 Å². The van der Waals surface area contributed by atoms with Gasteiger partial charge in [-0.3, -0.25) is 4.79 Å². The van der Waals surface area contributed by atoms with Gasteiger partial charge in [-0.1, -0.05) is 19.3 Å². The molecule has 1 aromatic carbocycles. The molecule has 2 N–H and O–H groups in total. The number of ether oxygens (including phenoxy) is 1. The quantitative estimate of drug-likeness (QED) is 0.675. The molecule has 1 saturated carbocycles. The average molecular weight is 265 g/mol. The summed E-state index contributed by atoms with van der Waals surface area (Å²) in [5, 5.41) is 0. The summed E-state index contributed by atoms with van der Waals surface area (Å²) in [6.45, 7) is 0. The Hall–Kier alpha value is -1.42. The van der Waals surface area contributed by atoms with Gasteiger partial charge < -0.3 is 10.5 Å². The number of carbonyl (C=O) groups excluding carboxylic acids is 1. The first kappa shape index (κ1) is 14.0. The summed E-state index contributed by atoms with van der Waals surface area (Å²) in [6, 6.07) is 4.19. The first-order valence-corrected chi connectivity index (χ1v) is 6.77. The van der Waals surface area contributed by atoms with Gasteiger partial charge in [0.15, 0.2) is 5.78 Å². The SMILES string of the molecule is COc1ccc(C(=O)C2CCCCCC2N)c(F)c1. The summed E-state index contributed by atoms with van der Waals surface area (Å²) in [5.74, 6) is -0.542. The van der Waals surface area contributed by atoms with Gasteiger partial charge in [0, 0.05) is 18.0 Å². The Bertz CT molecular complexity index is 461.